The Bertz CT molecular complexity index is 264. The van der Waals surface area contributed by atoms with Crippen LogP contribution < -0.4 is 0 Å². The van der Waals surface area contributed by atoms with Crippen molar-refractivity contribution in [3.05, 3.63) is 12.2 Å². The normalized spacial score (nSPS) is 16.8. The van der Waals surface area contributed by atoms with Crippen LogP contribution in [0.3, 0.4) is 0 Å². The van der Waals surface area contributed by atoms with E-state index in [0.29, 0.717) is 0 Å². The van der Waals surface area contributed by atoms with Crippen LogP contribution in [0.15, 0.2) is 10.9 Å². The third-order valence-electron chi connectivity index (χ3n) is 1.94. The molecular weight excluding hydrogens is 158 g/mol. The lowest BCUT2D eigenvalue weighted by Gasteiger charge is -2.10. The number of aromatic nitrogens is 2. The van der Waals surface area contributed by atoms with Gasteiger partial charge in [0.2, 0.25) is 0 Å². The fraction of sp³-hybridized carbons (Fsp3) is 0.571. The zero-order chi connectivity index (χ0) is 8.39. The topological polar surface area (TPSA) is 59.2 Å². The first-order valence-electron chi connectivity index (χ1n) is 3.94. The van der Waals surface area contributed by atoms with Crippen molar-refractivity contribution in [2.75, 3.05) is 13.1 Å². The van der Waals surface area contributed by atoms with Crippen molar-refractivity contribution >= 4 is 5.91 Å². The zero-order valence-electron chi connectivity index (χ0n) is 6.56. The minimum absolute atomic E-state index is 0.0944. The van der Waals surface area contributed by atoms with E-state index in [2.05, 4.69) is 14.7 Å². The molecule has 1 aromatic heterocycles. The van der Waals surface area contributed by atoms with Gasteiger partial charge in [-0.3, -0.25) is 4.79 Å². The smallest absolute Gasteiger partial charge is 0.315 e. The van der Waals surface area contributed by atoms with Crippen molar-refractivity contribution in [3.63, 3.8) is 0 Å². The van der Waals surface area contributed by atoms with Crippen LogP contribution in [-0.2, 0) is 0 Å². The number of amides is 1. The number of carbonyl (C=O) groups is 1. The Hall–Kier alpha value is -1.39. The monoisotopic (exact) mass is 167 g/mol. The lowest BCUT2D eigenvalue weighted by molar-refractivity contribution is 0.0743. The summed E-state index contributed by atoms with van der Waals surface area (Å²) in [5, 5.41) is 3.38. The van der Waals surface area contributed by atoms with Gasteiger partial charge in [0, 0.05) is 13.1 Å². The molecule has 0 radical (unpaired) electrons. The van der Waals surface area contributed by atoms with Gasteiger partial charge in [0.05, 0.1) is 0 Å². The molecule has 2 heterocycles. The molecule has 12 heavy (non-hydrogen) atoms. The molecule has 0 N–H and O–H groups in total. The summed E-state index contributed by atoms with van der Waals surface area (Å²) in [7, 11) is 0. The van der Waals surface area contributed by atoms with Gasteiger partial charge in [-0.05, 0) is 12.8 Å². The van der Waals surface area contributed by atoms with Gasteiger partial charge >= 0.3 is 11.8 Å². The van der Waals surface area contributed by atoms with Gasteiger partial charge in [-0.2, -0.15) is 4.98 Å². The molecule has 64 valence electrons. The second-order valence-corrected chi connectivity index (χ2v) is 2.75. The molecule has 1 amide bonds. The first-order chi connectivity index (χ1) is 5.88. The molecule has 0 aliphatic carbocycles. The Morgan fingerprint density at radius 2 is 2.25 bits per heavy atom. The summed E-state index contributed by atoms with van der Waals surface area (Å²) in [6, 6.07) is 0. The minimum atomic E-state index is -0.148. The number of nitrogens with zero attached hydrogens (tertiary/aromatic N) is 3. The summed E-state index contributed by atoms with van der Waals surface area (Å²) in [6.07, 6.45) is 3.38. The Labute approximate surface area is 69.4 Å². The van der Waals surface area contributed by atoms with E-state index in [1.165, 1.54) is 6.33 Å². The second-order valence-electron chi connectivity index (χ2n) is 2.75. The largest absolute Gasteiger partial charge is 0.334 e. The Morgan fingerprint density at radius 1 is 1.50 bits per heavy atom. The van der Waals surface area contributed by atoms with Crippen LogP contribution in [0.1, 0.15) is 23.5 Å². The summed E-state index contributed by atoms with van der Waals surface area (Å²) in [5.41, 5.74) is 0. The van der Waals surface area contributed by atoms with Crippen LogP contribution in [-0.4, -0.2) is 34.0 Å². The maximum absolute atomic E-state index is 11.4. The fourth-order valence-electron chi connectivity index (χ4n) is 1.32. The summed E-state index contributed by atoms with van der Waals surface area (Å²) in [4.78, 5) is 16.9. The highest BCUT2D eigenvalue weighted by atomic mass is 16.5. The number of carbonyl (C=O) groups excluding carboxylic acids is 1. The lowest BCUT2D eigenvalue weighted by atomic mass is 10.4. The van der Waals surface area contributed by atoms with E-state index in [1.54, 1.807) is 4.90 Å². The van der Waals surface area contributed by atoms with Gasteiger partial charge in [0.1, 0.15) is 0 Å². The van der Waals surface area contributed by atoms with Crippen LogP contribution in [0.4, 0.5) is 0 Å². The third kappa shape index (κ3) is 1.17. The molecule has 1 aliphatic rings. The molecule has 1 aliphatic heterocycles. The molecule has 1 aromatic rings. The lowest BCUT2D eigenvalue weighted by Crippen LogP contribution is -2.27. The summed E-state index contributed by atoms with van der Waals surface area (Å²) >= 11 is 0. The summed E-state index contributed by atoms with van der Waals surface area (Å²) < 4.78 is 4.66. The molecule has 5 nitrogen and oxygen atoms in total. The molecular formula is C7H9N3O2. The molecule has 1 fully saturated rings. The predicted octanol–water partition coefficient (Wildman–Crippen LogP) is 0.306. The number of rotatable bonds is 1. The first-order valence-corrected chi connectivity index (χ1v) is 3.94. The van der Waals surface area contributed by atoms with Crippen molar-refractivity contribution in [1.82, 2.24) is 15.0 Å². The van der Waals surface area contributed by atoms with Gasteiger partial charge in [0.15, 0.2) is 6.33 Å². The highest BCUT2D eigenvalue weighted by Crippen LogP contribution is 2.10. The highest BCUT2D eigenvalue weighted by molar-refractivity contribution is 5.89. The van der Waals surface area contributed by atoms with Crippen LogP contribution in [0.5, 0.6) is 0 Å². The van der Waals surface area contributed by atoms with Crippen LogP contribution >= 0.6 is 0 Å². The Balaban J connectivity index is 2.09. The van der Waals surface area contributed by atoms with Crippen LogP contribution in [0, 0.1) is 0 Å². The van der Waals surface area contributed by atoms with Crippen molar-refractivity contribution in [2.45, 2.75) is 12.8 Å². The van der Waals surface area contributed by atoms with E-state index in [-0.39, 0.29) is 11.8 Å². The molecule has 0 unspecified atom stereocenters. The van der Waals surface area contributed by atoms with E-state index in [9.17, 15) is 4.79 Å². The van der Waals surface area contributed by atoms with Gasteiger partial charge in [-0.25, -0.2) is 0 Å². The molecule has 1 saturated heterocycles. The average molecular weight is 167 g/mol. The second kappa shape index (κ2) is 2.92. The van der Waals surface area contributed by atoms with Crippen molar-refractivity contribution in [2.24, 2.45) is 0 Å². The Morgan fingerprint density at radius 3 is 2.83 bits per heavy atom. The number of likely N-dealkylation sites (tertiary alicyclic amines) is 1. The van der Waals surface area contributed by atoms with E-state index < -0.39 is 0 Å². The molecule has 0 saturated carbocycles. The van der Waals surface area contributed by atoms with Crippen molar-refractivity contribution in [1.29, 1.82) is 0 Å². The summed E-state index contributed by atoms with van der Waals surface area (Å²) in [6.45, 7) is 1.61. The van der Waals surface area contributed by atoms with Gasteiger partial charge < -0.3 is 9.42 Å². The molecule has 2 rings (SSSR count). The first kappa shape index (κ1) is 7.27. The summed E-state index contributed by atoms with van der Waals surface area (Å²) in [5.74, 6) is -0.0538. The van der Waals surface area contributed by atoms with E-state index in [1.807, 2.05) is 0 Å². The van der Waals surface area contributed by atoms with Gasteiger partial charge in [-0.1, -0.05) is 5.16 Å². The number of hydrogen-bond donors (Lipinski definition) is 0. The number of hydrogen-bond acceptors (Lipinski definition) is 4. The van der Waals surface area contributed by atoms with Crippen LogP contribution in [0.2, 0.25) is 0 Å². The SMILES string of the molecule is O=C(c1ncno1)N1CCCC1. The van der Waals surface area contributed by atoms with Gasteiger partial charge in [0.25, 0.3) is 0 Å². The molecule has 0 aromatic carbocycles. The third-order valence-corrected chi connectivity index (χ3v) is 1.94. The molecule has 5 heteroatoms. The van der Waals surface area contributed by atoms with Gasteiger partial charge in [-0.15, -0.1) is 0 Å². The van der Waals surface area contributed by atoms with Crippen molar-refractivity contribution < 1.29 is 9.32 Å². The van der Waals surface area contributed by atoms with E-state index in [0.717, 1.165) is 25.9 Å². The molecule has 0 atom stereocenters. The van der Waals surface area contributed by atoms with E-state index >= 15 is 0 Å². The van der Waals surface area contributed by atoms with E-state index in [4.69, 9.17) is 0 Å². The maximum atomic E-state index is 11.4. The maximum Gasteiger partial charge on any atom is 0.315 e. The quantitative estimate of drug-likeness (QED) is 0.603. The minimum Gasteiger partial charge on any atom is -0.334 e. The fourth-order valence-corrected chi connectivity index (χ4v) is 1.32. The standard InChI is InChI=1S/C7H9N3O2/c11-7(6-8-5-9-12-6)10-3-1-2-4-10/h5H,1-4H2. The Kier molecular flexibility index (Phi) is 1.77. The molecule has 0 spiro atoms. The highest BCUT2D eigenvalue weighted by Gasteiger charge is 2.22. The average Bonchev–Trinajstić information content (AvgIpc) is 2.77. The van der Waals surface area contributed by atoms with Crippen molar-refractivity contribution in [3.8, 4) is 0 Å². The zero-order valence-corrected chi connectivity index (χ0v) is 6.56. The predicted molar refractivity (Wildman–Crippen MR) is 39.4 cm³/mol. The molecule has 0 bridgehead atoms. The van der Waals surface area contributed by atoms with Crippen LogP contribution in [0.25, 0.3) is 0 Å².